The summed E-state index contributed by atoms with van der Waals surface area (Å²) in [4.78, 5) is 38.0. The van der Waals surface area contributed by atoms with Crippen LogP contribution in [0, 0.1) is 0 Å². The fourth-order valence-corrected chi connectivity index (χ4v) is 7.76. The minimum Gasteiger partial charge on any atom is -0.462 e. The summed E-state index contributed by atoms with van der Waals surface area (Å²) in [5.41, 5.74) is 0. The van der Waals surface area contributed by atoms with Crippen LogP contribution in [0.4, 0.5) is 0 Å². The molecule has 62 heavy (non-hydrogen) atoms. The molecule has 0 heterocycles. The Morgan fingerprint density at radius 3 is 0.935 bits per heavy atom. The van der Waals surface area contributed by atoms with E-state index < -0.39 is 6.10 Å². The zero-order valence-electron chi connectivity index (χ0n) is 41.4. The smallest absolute Gasteiger partial charge is 0.306 e. The first-order valence-electron chi connectivity index (χ1n) is 27.0. The number of carbonyl (C=O) groups excluding carboxylic acids is 3. The van der Waals surface area contributed by atoms with Crippen molar-refractivity contribution < 1.29 is 28.6 Å². The summed E-state index contributed by atoms with van der Waals surface area (Å²) >= 11 is 0. The van der Waals surface area contributed by atoms with Crippen LogP contribution in [-0.2, 0) is 28.6 Å². The number of hydrogen-bond acceptors (Lipinski definition) is 6. The van der Waals surface area contributed by atoms with Gasteiger partial charge in [-0.15, -0.1) is 0 Å². The Bertz CT molecular complexity index is 1050. The highest BCUT2D eigenvalue weighted by Gasteiger charge is 2.19. The third-order valence-electron chi connectivity index (χ3n) is 11.9. The number of unbranched alkanes of at least 4 members (excludes halogenated alkanes) is 32. The lowest BCUT2D eigenvalue weighted by atomic mass is 10.1. The van der Waals surface area contributed by atoms with Crippen LogP contribution in [-0.4, -0.2) is 37.2 Å². The lowest BCUT2D eigenvalue weighted by molar-refractivity contribution is -0.167. The van der Waals surface area contributed by atoms with Gasteiger partial charge in [-0.05, 0) is 77.0 Å². The number of carbonyl (C=O) groups is 3. The number of esters is 3. The van der Waals surface area contributed by atoms with E-state index in [1.807, 2.05) is 0 Å². The summed E-state index contributed by atoms with van der Waals surface area (Å²) < 4.78 is 16.8. The Kier molecular flexibility index (Phi) is 49.3. The van der Waals surface area contributed by atoms with E-state index in [0.717, 1.165) is 70.6 Å². The fraction of sp³-hybridized carbons (Fsp3) is 0.839. The highest BCUT2D eigenvalue weighted by Crippen LogP contribution is 2.15. The van der Waals surface area contributed by atoms with Gasteiger partial charge in [0.15, 0.2) is 6.10 Å². The van der Waals surface area contributed by atoms with Crippen molar-refractivity contribution in [1.82, 2.24) is 0 Å². The summed E-state index contributed by atoms with van der Waals surface area (Å²) in [6, 6.07) is 0. The van der Waals surface area contributed by atoms with E-state index in [0.29, 0.717) is 19.3 Å². The van der Waals surface area contributed by atoms with Crippen molar-refractivity contribution in [2.75, 3.05) is 13.2 Å². The summed E-state index contributed by atoms with van der Waals surface area (Å²) in [5, 5.41) is 0. The summed E-state index contributed by atoms with van der Waals surface area (Å²) in [5.74, 6) is -0.876. The zero-order valence-corrected chi connectivity index (χ0v) is 41.4. The van der Waals surface area contributed by atoms with Gasteiger partial charge < -0.3 is 14.2 Å². The van der Waals surface area contributed by atoms with Crippen molar-refractivity contribution in [3.8, 4) is 0 Å². The molecule has 0 radical (unpaired) electrons. The molecule has 0 saturated heterocycles. The van der Waals surface area contributed by atoms with Gasteiger partial charge in [-0.3, -0.25) is 14.4 Å². The van der Waals surface area contributed by atoms with Gasteiger partial charge in [0, 0.05) is 19.3 Å². The number of allylic oxidation sites excluding steroid dienone is 6. The van der Waals surface area contributed by atoms with Crippen LogP contribution in [0.2, 0.25) is 0 Å². The first-order valence-corrected chi connectivity index (χ1v) is 27.0. The first-order chi connectivity index (χ1) is 30.5. The van der Waals surface area contributed by atoms with Crippen LogP contribution in [0.25, 0.3) is 0 Å². The zero-order chi connectivity index (χ0) is 45.1. The van der Waals surface area contributed by atoms with Gasteiger partial charge in [0.05, 0.1) is 0 Å². The van der Waals surface area contributed by atoms with Crippen molar-refractivity contribution in [3.63, 3.8) is 0 Å². The van der Waals surface area contributed by atoms with Gasteiger partial charge in [0.25, 0.3) is 0 Å². The average molecular weight is 871 g/mol. The molecule has 0 bridgehead atoms. The molecule has 0 N–H and O–H groups in total. The number of hydrogen-bond donors (Lipinski definition) is 0. The Morgan fingerprint density at radius 2 is 0.581 bits per heavy atom. The van der Waals surface area contributed by atoms with Crippen molar-refractivity contribution in [2.45, 2.75) is 290 Å². The normalized spacial score (nSPS) is 12.2. The molecule has 0 saturated carbocycles. The van der Waals surface area contributed by atoms with Crippen molar-refractivity contribution in [1.29, 1.82) is 0 Å². The second-order valence-electron chi connectivity index (χ2n) is 18.1. The second kappa shape index (κ2) is 51.3. The van der Waals surface area contributed by atoms with Crippen molar-refractivity contribution in [3.05, 3.63) is 36.5 Å². The van der Waals surface area contributed by atoms with E-state index in [9.17, 15) is 14.4 Å². The van der Waals surface area contributed by atoms with Gasteiger partial charge in [-0.2, -0.15) is 0 Å². The van der Waals surface area contributed by atoms with Crippen LogP contribution < -0.4 is 0 Å². The monoisotopic (exact) mass is 871 g/mol. The molecule has 0 aliphatic carbocycles. The van der Waals surface area contributed by atoms with E-state index in [1.54, 1.807) is 0 Å². The lowest BCUT2D eigenvalue weighted by Crippen LogP contribution is -2.30. The van der Waals surface area contributed by atoms with E-state index in [1.165, 1.54) is 173 Å². The Labute approximate surface area is 385 Å². The predicted molar refractivity (Wildman–Crippen MR) is 266 cm³/mol. The van der Waals surface area contributed by atoms with Gasteiger partial charge in [-0.25, -0.2) is 0 Å². The van der Waals surface area contributed by atoms with Crippen LogP contribution >= 0.6 is 0 Å². The van der Waals surface area contributed by atoms with E-state index in [2.05, 4.69) is 57.2 Å². The highest BCUT2D eigenvalue weighted by molar-refractivity contribution is 5.71. The lowest BCUT2D eigenvalue weighted by Gasteiger charge is -2.18. The van der Waals surface area contributed by atoms with Crippen LogP contribution in [0.15, 0.2) is 36.5 Å². The van der Waals surface area contributed by atoms with Crippen LogP contribution in [0.5, 0.6) is 0 Å². The Morgan fingerprint density at radius 1 is 0.323 bits per heavy atom. The third kappa shape index (κ3) is 48.7. The van der Waals surface area contributed by atoms with Gasteiger partial charge in [-0.1, -0.05) is 224 Å². The topological polar surface area (TPSA) is 78.9 Å². The minimum atomic E-state index is -0.774. The SMILES string of the molecule is CCCCC/C=C\C/C=C\CCCCCCCCCCCC(=O)OCC(COC(=O)CCCCCCCCCCCCC)OC(=O)CCCCCCC/C=C\CCCCCCC. The van der Waals surface area contributed by atoms with E-state index >= 15 is 0 Å². The molecular weight excluding hydrogens is 769 g/mol. The molecule has 6 heteroatoms. The maximum absolute atomic E-state index is 12.8. The summed E-state index contributed by atoms with van der Waals surface area (Å²) in [7, 11) is 0. The predicted octanol–water partition coefficient (Wildman–Crippen LogP) is 17.7. The third-order valence-corrected chi connectivity index (χ3v) is 11.9. The molecular formula is C56H102O6. The molecule has 0 fully saturated rings. The molecule has 0 aromatic carbocycles. The second-order valence-corrected chi connectivity index (χ2v) is 18.1. The summed E-state index contributed by atoms with van der Waals surface area (Å²) in [6.07, 6.45) is 59.8. The molecule has 0 aliphatic rings. The minimum absolute atomic E-state index is 0.0737. The van der Waals surface area contributed by atoms with E-state index in [4.69, 9.17) is 14.2 Å². The van der Waals surface area contributed by atoms with Gasteiger partial charge >= 0.3 is 17.9 Å². The van der Waals surface area contributed by atoms with Crippen molar-refractivity contribution >= 4 is 17.9 Å². The quantitative estimate of drug-likeness (QED) is 0.0262. The molecule has 0 rings (SSSR count). The Hall–Kier alpha value is -2.37. The Balaban J connectivity index is 4.32. The molecule has 0 aliphatic heterocycles. The van der Waals surface area contributed by atoms with Crippen LogP contribution in [0.1, 0.15) is 284 Å². The van der Waals surface area contributed by atoms with Gasteiger partial charge in [0.1, 0.15) is 13.2 Å². The molecule has 0 aromatic rings. The molecule has 0 amide bonds. The summed E-state index contributed by atoms with van der Waals surface area (Å²) in [6.45, 7) is 6.61. The number of rotatable bonds is 49. The molecule has 6 nitrogen and oxygen atoms in total. The van der Waals surface area contributed by atoms with E-state index in [-0.39, 0.29) is 31.1 Å². The maximum atomic E-state index is 12.8. The molecule has 362 valence electrons. The van der Waals surface area contributed by atoms with Crippen molar-refractivity contribution in [2.24, 2.45) is 0 Å². The highest BCUT2D eigenvalue weighted by atomic mass is 16.6. The first kappa shape index (κ1) is 59.6. The molecule has 1 atom stereocenters. The largest absolute Gasteiger partial charge is 0.462 e. The average Bonchev–Trinajstić information content (AvgIpc) is 3.27. The molecule has 1 unspecified atom stereocenters. The standard InChI is InChI=1S/C56H102O6/c1-4-7-10-13-16-19-22-24-26-27-28-29-30-32-34-37-40-43-46-49-55(58)61-52-53(51-60-54(57)48-45-42-39-36-33-21-18-15-12-9-6-3)62-56(59)50-47-44-41-38-35-31-25-23-20-17-14-11-8-5-2/h16,19,23-26,53H,4-15,17-18,20-22,27-52H2,1-3H3/b19-16-,25-23-,26-24-. The maximum Gasteiger partial charge on any atom is 0.306 e. The van der Waals surface area contributed by atoms with Crippen LogP contribution in [0.3, 0.4) is 0 Å². The fourth-order valence-electron chi connectivity index (χ4n) is 7.76. The molecule has 0 aromatic heterocycles. The number of ether oxygens (including phenoxy) is 3. The van der Waals surface area contributed by atoms with Gasteiger partial charge in [0.2, 0.25) is 0 Å². The molecule has 0 spiro atoms.